The highest BCUT2D eigenvalue weighted by atomic mass is 19.1. The average molecular weight is 442 g/mol. The lowest BCUT2D eigenvalue weighted by atomic mass is 10.2. The van der Waals surface area contributed by atoms with E-state index < -0.39 is 17.2 Å². The summed E-state index contributed by atoms with van der Waals surface area (Å²) in [6, 6.07) is 11.3. The van der Waals surface area contributed by atoms with E-state index >= 15 is 0 Å². The van der Waals surface area contributed by atoms with Crippen molar-refractivity contribution in [1.82, 2.24) is 20.6 Å². The molecule has 4 N–H and O–H groups in total. The van der Waals surface area contributed by atoms with Crippen molar-refractivity contribution in [2.24, 2.45) is 5.10 Å². The van der Waals surface area contributed by atoms with Gasteiger partial charge in [-0.15, -0.1) is 5.10 Å². The van der Waals surface area contributed by atoms with E-state index in [1.165, 1.54) is 19.4 Å². The number of H-pyrrole nitrogens is 2. The number of hydrogen-bond acceptors (Lipinski definition) is 8. The van der Waals surface area contributed by atoms with Crippen molar-refractivity contribution in [3.05, 3.63) is 80.2 Å². The van der Waals surface area contributed by atoms with E-state index in [0.717, 1.165) is 0 Å². The maximum absolute atomic E-state index is 13.7. The molecule has 32 heavy (non-hydrogen) atoms. The molecule has 0 saturated heterocycles. The summed E-state index contributed by atoms with van der Waals surface area (Å²) in [5, 5.41) is 11.8. The Bertz CT molecular complexity index is 1240. The van der Waals surface area contributed by atoms with Crippen LogP contribution >= 0.6 is 0 Å². The molecule has 0 bridgehead atoms. The fourth-order valence-electron chi connectivity index (χ4n) is 2.50. The van der Waals surface area contributed by atoms with Gasteiger partial charge in [0.15, 0.2) is 11.5 Å². The van der Waals surface area contributed by atoms with E-state index in [2.05, 4.69) is 20.9 Å². The molecule has 0 aliphatic heterocycles. The second-order valence-electron chi connectivity index (χ2n) is 6.29. The van der Waals surface area contributed by atoms with Crippen LogP contribution in [-0.2, 0) is 11.4 Å². The van der Waals surface area contributed by atoms with Crippen molar-refractivity contribution in [2.45, 2.75) is 6.61 Å². The van der Waals surface area contributed by atoms with E-state index in [0.29, 0.717) is 22.6 Å². The van der Waals surface area contributed by atoms with Crippen LogP contribution in [0.15, 0.2) is 57.2 Å². The number of carbonyl (C=O) groups excluding carboxylic acids is 1. The predicted molar refractivity (Wildman–Crippen MR) is 113 cm³/mol. The molecular formula is C20H19FN6O5. The highest BCUT2D eigenvalue weighted by Gasteiger charge is 2.08. The van der Waals surface area contributed by atoms with Crippen LogP contribution in [0, 0.1) is 5.82 Å². The Kier molecular flexibility index (Phi) is 7.30. The first-order chi connectivity index (χ1) is 15.5. The molecule has 0 radical (unpaired) electrons. The van der Waals surface area contributed by atoms with Gasteiger partial charge < -0.3 is 14.8 Å². The highest BCUT2D eigenvalue weighted by molar-refractivity contribution is 5.84. The number of methoxy groups -OCH3 is 1. The smallest absolute Gasteiger partial charge is 0.342 e. The van der Waals surface area contributed by atoms with Crippen LogP contribution in [0.25, 0.3) is 0 Å². The fraction of sp³-hybridized carbons (Fsp3) is 0.150. The van der Waals surface area contributed by atoms with Crippen molar-refractivity contribution >= 4 is 17.9 Å². The maximum atomic E-state index is 13.7. The number of ether oxygens (including phenoxy) is 2. The number of amides is 1. The number of benzene rings is 2. The lowest BCUT2D eigenvalue weighted by molar-refractivity contribution is -0.119. The zero-order valence-corrected chi connectivity index (χ0v) is 16.8. The molecule has 0 fully saturated rings. The molecule has 0 spiro atoms. The van der Waals surface area contributed by atoms with Crippen molar-refractivity contribution in [3.8, 4) is 11.5 Å². The van der Waals surface area contributed by atoms with Gasteiger partial charge >= 0.3 is 5.69 Å². The lowest BCUT2D eigenvalue weighted by Gasteiger charge is -2.11. The van der Waals surface area contributed by atoms with Crippen molar-refractivity contribution in [2.75, 3.05) is 19.0 Å². The minimum absolute atomic E-state index is 0.0342. The summed E-state index contributed by atoms with van der Waals surface area (Å²) < 4.78 is 24.7. The predicted octanol–water partition coefficient (Wildman–Crippen LogP) is 0.747. The van der Waals surface area contributed by atoms with Gasteiger partial charge in [-0.05, 0) is 29.8 Å². The number of nitrogens with zero attached hydrogens (tertiary/aromatic N) is 2. The molecular weight excluding hydrogens is 423 g/mol. The number of halogens is 1. The SMILES string of the molecule is COc1cc(/C=N/NC(=O)CNc2n[nH]c(=O)[nH]c2=O)ccc1OCc1ccccc1F. The van der Waals surface area contributed by atoms with Gasteiger partial charge in [-0.2, -0.15) is 5.10 Å². The molecule has 1 amide bonds. The molecule has 3 rings (SSSR count). The molecule has 1 aromatic heterocycles. The third-order valence-electron chi connectivity index (χ3n) is 4.06. The number of aromatic amines is 2. The lowest BCUT2D eigenvalue weighted by Crippen LogP contribution is -2.31. The van der Waals surface area contributed by atoms with E-state index in [1.54, 1.807) is 36.4 Å². The quantitative estimate of drug-likeness (QED) is 0.282. The third-order valence-corrected chi connectivity index (χ3v) is 4.06. The summed E-state index contributed by atoms with van der Waals surface area (Å²) in [5.41, 5.74) is 1.78. The number of carbonyl (C=O) groups is 1. The molecule has 0 aliphatic rings. The largest absolute Gasteiger partial charge is 0.493 e. The van der Waals surface area contributed by atoms with E-state index in [4.69, 9.17) is 9.47 Å². The van der Waals surface area contributed by atoms with Gasteiger partial charge in [-0.3, -0.25) is 14.6 Å². The van der Waals surface area contributed by atoms with E-state index in [9.17, 15) is 18.8 Å². The molecule has 0 aliphatic carbocycles. The van der Waals surface area contributed by atoms with Gasteiger partial charge in [0.1, 0.15) is 12.4 Å². The molecule has 166 valence electrons. The minimum atomic E-state index is -0.756. The molecule has 3 aromatic rings. The van der Waals surface area contributed by atoms with Crippen LogP contribution in [0.5, 0.6) is 11.5 Å². The van der Waals surface area contributed by atoms with Crippen LogP contribution < -0.4 is 31.5 Å². The average Bonchev–Trinajstić information content (AvgIpc) is 2.78. The summed E-state index contributed by atoms with van der Waals surface area (Å²) in [6.45, 7) is -0.266. The molecule has 0 unspecified atom stereocenters. The van der Waals surface area contributed by atoms with Gasteiger partial charge in [0, 0.05) is 5.56 Å². The zero-order valence-electron chi connectivity index (χ0n) is 16.8. The molecule has 11 nitrogen and oxygen atoms in total. The Morgan fingerprint density at radius 3 is 2.78 bits per heavy atom. The summed E-state index contributed by atoms with van der Waals surface area (Å²) in [7, 11) is 1.46. The second kappa shape index (κ2) is 10.5. The summed E-state index contributed by atoms with van der Waals surface area (Å²) in [4.78, 5) is 36.2. The fourth-order valence-corrected chi connectivity index (χ4v) is 2.50. The van der Waals surface area contributed by atoms with E-state index in [1.807, 2.05) is 10.1 Å². The third kappa shape index (κ3) is 6.01. The Morgan fingerprint density at radius 2 is 2.03 bits per heavy atom. The normalized spacial score (nSPS) is 10.7. The first-order valence-corrected chi connectivity index (χ1v) is 9.25. The summed E-state index contributed by atoms with van der Waals surface area (Å²) >= 11 is 0. The first kappa shape index (κ1) is 22.2. The number of anilines is 1. The van der Waals surface area contributed by atoms with Gasteiger partial charge in [0.25, 0.3) is 11.5 Å². The standard InChI is InChI=1S/C20H19FN6O5/c1-31-16-8-12(6-7-15(16)32-11-13-4-2-3-5-14(13)21)9-23-25-17(28)10-22-18-19(29)24-20(30)27-26-18/h2-9H,10-11H2,1H3,(H,22,26)(H,25,28)(H2,24,27,29,30)/b23-9+. The first-order valence-electron chi connectivity index (χ1n) is 9.25. The van der Waals surface area contributed by atoms with Gasteiger partial charge in [-0.25, -0.2) is 19.7 Å². The zero-order chi connectivity index (χ0) is 22.9. The molecule has 1 heterocycles. The second-order valence-corrected chi connectivity index (χ2v) is 6.29. The number of rotatable bonds is 9. The van der Waals surface area contributed by atoms with Crippen molar-refractivity contribution < 1.29 is 18.7 Å². The maximum Gasteiger partial charge on any atom is 0.342 e. The van der Waals surface area contributed by atoms with E-state index in [-0.39, 0.29) is 24.8 Å². The Morgan fingerprint density at radius 1 is 1.22 bits per heavy atom. The van der Waals surface area contributed by atoms with Crippen LogP contribution in [0.3, 0.4) is 0 Å². The van der Waals surface area contributed by atoms with Crippen molar-refractivity contribution in [1.29, 1.82) is 0 Å². The number of nitrogens with one attached hydrogen (secondary N) is 4. The number of hydrazone groups is 1. The molecule has 0 atom stereocenters. The van der Waals surface area contributed by atoms with Crippen LogP contribution in [0.2, 0.25) is 0 Å². The summed E-state index contributed by atoms with van der Waals surface area (Å²) in [6.07, 6.45) is 1.38. The molecule has 12 heteroatoms. The highest BCUT2D eigenvalue weighted by Crippen LogP contribution is 2.28. The minimum Gasteiger partial charge on any atom is -0.493 e. The Hall–Kier alpha value is -4.48. The topological polar surface area (TPSA) is 151 Å². The number of aromatic nitrogens is 3. The Labute approximate surface area is 180 Å². The number of hydrogen-bond donors (Lipinski definition) is 4. The molecule has 0 saturated carbocycles. The summed E-state index contributed by atoms with van der Waals surface area (Å²) in [5.74, 6) is -0.298. The van der Waals surface area contributed by atoms with Gasteiger partial charge in [-0.1, -0.05) is 18.2 Å². The van der Waals surface area contributed by atoms with Crippen molar-refractivity contribution in [3.63, 3.8) is 0 Å². The van der Waals surface area contributed by atoms with Gasteiger partial charge in [0.05, 0.1) is 19.9 Å². The van der Waals surface area contributed by atoms with Crippen LogP contribution in [-0.4, -0.2) is 41.0 Å². The molecule has 2 aromatic carbocycles. The Balaban J connectivity index is 1.54. The monoisotopic (exact) mass is 442 g/mol. The van der Waals surface area contributed by atoms with Gasteiger partial charge in [0.2, 0.25) is 5.82 Å². The van der Waals surface area contributed by atoms with Crippen LogP contribution in [0.1, 0.15) is 11.1 Å². The van der Waals surface area contributed by atoms with Crippen LogP contribution in [0.4, 0.5) is 10.2 Å².